The molecule has 0 radical (unpaired) electrons. The second-order valence-corrected chi connectivity index (χ2v) is 7.65. The van der Waals surface area contributed by atoms with E-state index in [9.17, 15) is 9.59 Å². The van der Waals surface area contributed by atoms with E-state index in [-0.39, 0.29) is 42.7 Å². The number of nitrogens with zero attached hydrogens (tertiary/aromatic N) is 1. The van der Waals surface area contributed by atoms with Gasteiger partial charge in [-0.1, -0.05) is 19.3 Å². The second kappa shape index (κ2) is 14.6. The van der Waals surface area contributed by atoms with Crippen LogP contribution in [0.2, 0.25) is 0 Å². The molecule has 2 heterocycles. The van der Waals surface area contributed by atoms with Crippen molar-refractivity contribution in [2.75, 3.05) is 50.0 Å². The van der Waals surface area contributed by atoms with Crippen LogP contribution in [0.4, 0.5) is 11.4 Å². The lowest BCUT2D eigenvalue weighted by Gasteiger charge is -2.23. The summed E-state index contributed by atoms with van der Waals surface area (Å²) in [6, 6.07) is 7.34. The lowest BCUT2D eigenvalue weighted by atomic mass is 10.1. The summed E-state index contributed by atoms with van der Waals surface area (Å²) < 4.78 is 5.37. The van der Waals surface area contributed by atoms with Gasteiger partial charge in [0.05, 0.1) is 19.8 Å². The molecular weight excluding hydrogens is 427 g/mol. The summed E-state index contributed by atoms with van der Waals surface area (Å²) in [6.45, 7) is 4.48. The number of halogens is 2. The van der Waals surface area contributed by atoms with Gasteiger partial charge in [-0.25, -0.2) is 0 Å². The van der Waals surface area contributed by atoms with Crippen molar-refractivity contribution in [3.8, 4) is 0 Å². The molecule has 0 spiro atoms. The maximum Gasteiger partial charge on any atom is 0.238 e. The van der Waals surface area contributed by atoms with Gasteiger partial charge in [0.1, 0.15) is 0 Å². The van der Waals surface area contributed by atoms with Gasteiger partial charge in [-0.05, 0) is 50.2 Å². The van der Waals surface area contributed by atoms with E-state index in [0.717, 1.165) is 31.0 Å². The molecule has 30 heavy (non-hydrogen) atoms. The zero-order valence-electron chi connectivity index (χ0n) is 17.4. The number of carbonyl (C=O) groups is 2. The van der Waals surface area contributed by atoms with Gasteiger partial charge in [-0.2, -0.15) is 0 Å². The van der Waals surface area contributed by atoms with E-state index in [1.807, 2.05) is 24.3 Å². The first-order valence-electron chi connectivity index (χ1n) is 10.4. The monoisotopic (exact) mass is 460 g/mol. The second-order valence-electron chi connectivity index (χ2n) is 7.65. The van der Waals surface area contributed by atoms with Gasteiger partial charge in [-0.3, -0.25) is 14.5 Å². The van der Waals surface area contributed by atoms with E-state index in [0.29, 0.717) is 26.2 Å². The number of rotatable bonds is 6. The predicted molar refractivity (Wildman–Crippen MR) is 125 cm³/mol. The van der Waals surface area contributed by atoms with E-state index >= 15 is 0 Å². The number of anilines is 2. The van der Waals surface area contributed by atoms with Crippen LogP contribution in [-0.2, 0) is 14.3 Å². The molecule has 0 aromatic heterocycles. The zero-order chi connectivity index (χ0) is 19.6. The summed E-state index contributed by atoms with van der Waals surface area (Å²) in [7, 11) is 0. The fraction of sp³-hybridized carbons (Fsp3) is 0.619. The Kier molecular flexibility index (Phi) is 13.0. The molecule has 2 aliphatic rings. The van der Waals surface area contributed by atoms with Crippen LogP contribution in [0.25, 0.3) is 0 Å². The average Bonchev–Trinajstić information content (AvgIpc) is 2.66. The summed E-state index contributed by atoms with van der Waals surface area (Å²) >= 11 is 0. The first-order chi connectivity index (χ1) is 13.7. The molecule has 0 aliphatic carbocycles. The molecule has 2 aliphatic heterocycles. The molecule has 3 N–H and O–H groups in total. The van der Waals surface area contributed by atoms with Gasteiger partial charge in [0.2, 0.25) is 11.8 Å². The lowest BCUT2D eigenvalue weighted by molar-refractivity contribution is -0.118. The van der Waals surface area contributed by atoms with Crippen molar-refractivity contribution in [1.29, 1.82) is 0 Å². The summed E-state index contributed by atoms with van der Waals surface area (Å²) in [6.07, 6.45) is 6.56. The molecular formula is C21H34Cl2N4O3. The molecule has 170 valence electrons. The standard InChI is InChI=1S/C21H32N4O3.2ClH/c26-20(14-19-16-28-13-10-22-19)23-17-6-8-18(9-7-17)24-21(27)15-25-11-4-2-1-3-5-12-25;;/h6-9,19,22H,1-5,10-16H2,(H,23,26)(H,24,27);2*1H. The van der Waals surface area contributed by atoms with Gasteiger partial charge in [0.25, 0.3) is 0 Å². The van der Waals surface area contributed by atoms with Crippen molar-refractivity contribution in [1.82, 2.24) is 10.2 Å². The Labute approximate surface area is 191 Å². The van der Waals surface area contributed by atoms with E-state index < -0.39 is 0 Å². The molecule has 3 rings (SSSR count). The SMILES string of the molecule is Cl.Cl.O=C(CC1COCCN1)Nc1ccc(NC(=O)CN2CCCCCCC2)cc1. The van der Waals surface area contributed by atoms with E-state index in [2.05, 4.69) is 20.9 Å². The van der Waals surface area contributed by atoms with Crippen LogP contribution in [0.15, 0.2) is 24.3 Å². The number of carbonyl (C=O) groups excluding carboxylic acids is 2. The van der Waals surface area contributed by atoms with Crippen molar-refractivity contribution in [3.05, 3.63) is 24.3 Å². The van der Waals surface area contributed by atoms with Gasteiger partial charge in [-0.15, -0.1) is 24.8 Å². The Morgan fingerprint density at radius 2 is 1.50 bits per heavy atom. The van der Waals surface area contributed by atoms with Crippen LogP contribution in [-0.4, -0.2) is 62.1 Å². The number of nitrogens with one attached hydrogen (secondary N) is 3. The fourth-order valence-corrected chi connectivity index (χ4v) is 3.70. The minimum Gasteiger partial charge on any atom is -0.378 e. The number of hydrogen-bond donors (Lipinski definition) is 3. The third-order valence-electron chi connectivity index (χ3n) is 5.20. The van der Waals surface area contributed by atoms with Crippen LogP contribution in [0, 0.1) is 0 Å². The number of amides is 2. The van der Waals surface area contributed by atoms with Crippen molar-refractivity contribution < 1.29 is 14.3 Å². The molecule has 9 heteroatoms. The Morgan fingerprint density at radius 3 is 2.07 bits per heavy atom. The van der Waals surface area contributed by atoms with Crippen LogP contribution in [0.3, 0.4) is 0 Å². The number of benzene rings is 1. The van der Waals surface area contributed by atoms with Crippen LogP contribution in [0.1, 0.15) is 38.5 Å². The van der Waals surface area contributed by atoms with Gasteiger partial charge in [0.15, 0.2) is 0 Å². The average molecular weight is 461 g/mol. The Bertz CT molecular complexity index is 632. The summed E-state index contributed by atoms with van der Waals surface area (Å²) in [4.78, 5) is 26.7. The highest BCUT2D eigenvalue weighted by atomic mass is 35.5. The van der Waals surface area contributed by atoms with Crippen molar-refractivity contribution in [2.45, 2.75) is 44.6 Å². The molecule has 2 saturated heterocycles. The lowest BCUT2D eigenvalue weighted by Crippen LogP contribution is -2.43. The smallest absolute Gasteiger partial charge is 0.238 e. The Morgan fingerprint density at radius 1 is 0.933 bits per heavy atom. The molecule has 1 unspecified atom stereocenters. The summed E-state index contributed by atoms with van der Waals surface area (Å²) in [5, 5.41) is 9.11. The minimum absolute atomic E-state index is 0. The zero-order valence-corrected chi connectivity index (χ0v) is 19.0. The summed E-state index contributed by atoms with van der Waals surface area (Å²) in [5.41, 5.74) is 1.47. The van der Waals surface area contributed by atoms with Crippen LogP contribution in [0.5, 0.6) is 0 Å². The number of likely N-dealkylation sites (tertiary alicyclic amines) is 1. The van der Waals surface area contributed by atoms with Crippen molar-refractivity contribution >= 4 is 48.0 Å². The maximum atomic E-state index is 12.3. The van der Waals surface area contributed by atoms with Crippen LogP contribution >= 0.6 is 24.8 Å². The molecule has 1 aromatic rings. The van der Waals surface area contributed by atoms with Crippen molar-refractivity contribution in [2.24, 2.45) is 0 Å². The Balaban J connectivity index is 0.00000225. The molecule has 7 nitrogen and oxygen atoms in total. The summed E-state index contributed by atoms with van der Waals surface area (Å²) in [5.74, 6) is -0.0300. The number of ether oxygens (including phenoxy) is 1. The highest BCUT2D eigenvalue weighted by Gasteiger charge is 2.17. The third kappa shape index (κ3) is 9.62. The first kappa shape index (κ1) is 26.7. The normalized spacial score (nSPS) is 19.9. The van der Waals surface area contributed by atoms with E-state index in [1.54, 1.807) is 0 Å². The molecule has 2 fully saturated rings. The van der Waals surface area contributed by atoms with Gasteiger partial charge >= 0.3 is 0 Å². The van der Waals surface area contributed by atoms with Crippen molar-refractivity contribution in [3.63, 3.8) is 0 Å². The molecule has 2 amide bonds. The van der Waals surface area contributed by atoms with E-state index in [1.165, 1.54) is 32.1 Å². The fourth-order valence-electron chi connectivity index (χ4n) is 3.70. The quantitative estimate of drug-likeness (QED) is 0.607. The number of hydrogen-bond acceptors (Lipinski definition) is 5. The number of morpholine rings is 1. The van der Waals surface area contributed by atoms with E-state index in [4.69, 9.17) is 4.74 Å². The van der Waals surface area contributed by atoms with Gasteiger partial charge < -0.3 is 20.7 Å². The maximum absolute atomic E-state index is 12.3. The first-order valence-corrected chi connectivity index (χ1v) is 10.4. The highest BCUT2D eigenvalue weighted by molar-refractivity contribution is 5.94. The third-order valence-corrected chi connectivity index (χ3v) is 5.20. The minimum atomic E-state index is -0.0446. The molecule has 1 atom stereocenters. The predicted octanol–water partition coefficient (Wildman–Crippen LogP) is 3.05. The molecule has 1 aromatic carbocycles. The van der Waals surface area contributed by atoms with Crippen LogP contribution < -0.4 is 16.0 Å². The van der Waals surface area contributed by atoms with Gasteiger partial charge in [0, 0.05) is 30.4 Å². The Hall–Kier alpha value is -1.38. The highest BCUT2D eigenvalue weighted by Crippen LogP contribution is 2.15. The largest absolute Gasteiger partial charge is 0.378 e. The topological polar surface area (TPSA) is 82.7 Å². The molecule has 0 bridgehead atoms. The molecule has 0 saturated carbocycles.